The Balaban J connectivity index is 1.61. The number of nitrogens with two attached hydrogens (primary N) is 1. The van der Waals surface area contributed by atoms with Gasteiger partial charge in [0.1, 0.15) is 22.7 Å². The number of fused-ring (bicyclic) bond motifs is 2. The lowest BCUT2D eigenvalue weighted by molar-refractivity contribution is 0.0653. The van der Waals surface area contributed by atoms with Gasteiger partial charge in [0.25, 0.3) is 11.5 Å². The summed E-state index contributed by atoms with van der Waals surface area (Å²) in [6, 6.07) is 7.49. The van der Waals surface area contributed by atoms with Gasteiger partial charge in [0.15, 0.2) is 0 Å². The summed E-state index contributed by atoms with van der Waals surface area (Å²) in [5, 5.41) is 0.868. The zero-order valence-electron chi connectivity index (χ0n) is 22.8. The highest BCUT2D eigenvalue weighted by Crippen LogP contribution is 2.34. The normalized spacial score (nSPS) is 17.1. The summed E-state index contributed by atoms with van der Waals surface area (Å²) >= 11 is 0. The number of benzene rings is 1. The predicted molar refractivity (Wildman–Crippen MR) is 153 cm³/mol. The molecule has 1 amide bonds. The van der Waals surface area contributed by atoms with Crippen LogP contribution >= 0.6 is 0 Å². The second-order valence-corrected chi connectivity index (χ2v) is 10.5. The molecule has 11 nitrogen and oxygen atoms in total. The maximum atomic E-state index is 14.2. The molecule has 11 heteroatoms. The maximum Gasteiger partial charge on any atom is 0.331 e. The Morgan fingerprint density at radius 3 is 2.62 bits per heavy atom. The smallest absolute Gasteiger partial charge is 0.331 e. The minimum Gasteiger partial charge on any atom is -0.356 e. The molecule has 6 rings (SSSR count). The molecule has 5 heterocycles. The van der Waals surface area contributed by atoms with Crippen molar-refractivity contribution in [3.8, 4) is 11.8 Å². The minimum atomic E-state index is -0.535. The van der Waals surface area contributed by atoms with E-state index in [1.54, 1.807) is 29.6 Å². The fraction of sp³-hybridized carbons (Fsp3) is 0.414. The summed E-state index contributed by atoms with van der Waals surface area (Å²) in [4.78, 5) is 54.7. The molecule has 3 aromatic heterocycles. The van der Waals surface area contributed by atoms with Crippen molar-refractivity contribution >= 4 is 33.7 Å². The van der Waals surface area contributed by atoms with Gasteiger partial charge in [-0.15, -0.1) is 5.92 Å². The standard InChI is InChI=1S/C29H32N8O3/c1-3-4-15-36-25-24(23(27(38)34-13-8-14-34)26(36)35-12-7-10-20(30)17-35)33(2)29(40)37(28(25)39)18-22-31-16-19-9-5-6-11-21(19)32-22/h5-6,9,11,16,20H,7-8,10,12-15,17-18,30H2,1-2H3/t20-/m1/s1. The van der Waals surface area contributed by atoms with Gasteiger partial charge < -0.3 is 20.1 Å². The van der Waals surface area contributed by atoms with Crippen molar-refractivity contribution in [3.05, 3.63) is 62.7 Å². The largest absolute Gasteiger partial charge is 0.356 e. The maximum absolute atomic E-state index is 14.2. The molecule has 2 N–H and O–H groups in total. The van der Waals surface area contributed by atoms with E-state index in [9.17, 15) is 14.4 Å². The van der Waals surface area contributed by atoms with Crippen LogP contribution in [0.4, 0.5) is 5.82 Å². The SMILES string of the molecule is CC#CCn1c(N2CCC[C@@H](N)C2)c(C(=O)N2CCC2)c2c1c(=O)n(Cc1ncc3ccccc3n1)c(=O)n2C. The zero-order valence-corrected chi connectivity index (χ0v) is 22.8. The van der Waals surface area contributed by atoms with E-state index >= 15 is 0 Å². The summed E-state index contributed by atoms with van der Waals surface area (Å²) in [7, 11) is 1.61. The molecule has 2 saturated heterocycles. The Hall–Kier alpha value is -4.43. The molecule has 0 aliphatic carbocycles. The van der Waals surface area contributed by atoms with Crippen molar-refractivity contribution in [2.45, 2.75) is 45.3 Å². The van der Waals surface area contributed by atoms with E-state index in [1.165, 1.54) is 4.57 Å². The third kappa shape index (κ3) is 4.25. The van der Waals surface area contributed by atoms with Crippen LogP contribution in [0.3, 0.4) is 0 Å². The number of amides is 1. The molecule has 1 aromatic carbocycles. The Morgan fingerprint density at radius 1 is 1.10 bits per heavy atom. The van der Waals surface area contributed by atoms with Gasteiger partial charge in [-0.25, -0.2) is 14.8 Å². The van der Waals surface area contributed by atoms with E-state index in [4.69, 9.17) is 5.73 Å². The second kappa shape index (κ2) is 10.3. The number of para-hydroxylation sites is 1. The van der Waals surface area contributed by atoms with Crippen LogP contribution in [0.2, 0.25) is 0 Å². The first kappa shape index (κ1) is 25.8. The molecule has 206 valence electrons. The van der Waals surface area contributed by atoms with Gasteiger partial charge in [0, 0.05) is 50.9 Å². The van der Waals surface area contributed by atoms with E-state index in [2.05, 4.69) is 26.7 Å². The number of rotatable bonds is 5. The third-order valence-electron chi connectivity index (χ3n) is 7.88. The average Bonchev–Trinajstić information content (AvgIpc) is 3.27. The van der Waals surface area contributed by atoms with Gasteiger partial charge in [0.2, 0.25) is 0 Å². The number of hydrogen-bond acceptors (Lipinski definition) is 7. The lowest BCUT2D eigenvalue weighted by Gasteiger charge is -2.35. The highest BCUT2D eigenvalue weighted by molar-refractivity contribution is 6.11. The Morgan fingerprint density at radius 2 is 1.90 bits per heavy atom. The molecule has 2 fully saturated rings. The second-order valence-electron chi connectivity index (χ2n) is 10.5. The van der Waals surface area contributed by atoms with E-state index in [0.29, 0.717) is 48.9 Å². The summed E-state index contributed by atoms with van der Waals surface area (Å²) < 4.78 is 4.36. The first-order valence-corrected chi connectivity index (χ1v) is 13.6. The Labute approximate surface area is 230 Å². The van der Waals surface area contributed by atoms with Crippen molar-refractivity contribution in [2.75, 3.05) is 31.1 Å². The van der Waals surface area contributed by atoms with E-state index in [-0.39, 0.29) is 30.6 Å². The summed E-state index contributed by atoms with van der Waals surface area (Å²) in [6.07, 6.45) is 4.36. The number of piperidine rings is 1. The molecule has 0 radical (unpaired) electrons. The van der Waals surface area contributed by atoms with Crippen LogP contribution in [0.5, 0.6) is 0 Å². The molecule has 0 bridgehead atoms. The minimum absolute atomic E-state index is 0.0602. The molecule has 2 aliphatic rings. The van der Waals surface area contributed by atoms with Gasteiger partial charge >= 0.3 is 5.69 Å². The number of carbonyl (C=O) groups excluding carboxylic acids is 1. The van der Waals surface area contributed by atoms with Crippen LogP contribution < -0.4 is 21.9 Å². The lowest BCUT2D eigenvalue weighted by atomic mass is 10.1. The van der Waals surface area contributed by atoms with Gasteiger partial charge in [-0.2, -0.15) is 0 Å². The van der Waals surface area contributed by atoms with Crippen molar-refractivity contribution in [3.63, 3.8) is 0 Å². The topological polar surface area (TPSA) is 124 Å². The molecule has 40 heavy (non-hydrogen) atoms. The zero-order chi connectivity index (χ0) is 28.0. The number of aryl methyl sites for hydroxylation is 1. The van der Waals surface area contributed by atoms with Crippen LogP contribution in [0, 0.1) is 11.8 Å². The first-order valence-electron chi connectivity index (χ1n) is 13.6. The number of likely N-dealkylation sites (tertiary alicyclic amines) is 1. The average molecular weight is 541 g/mol. The third-order valence-corrected chi connectivity index (χ3v) is 7.88. The molecule has 0 saturated carbocycles. The van der Waals surface area contributed by atoms with Crippen LogP contribution in [0.1, 0.15) is 42.4 Å². The van der Waals surface area contributed by atoms with Crippen LogP contribution in [0.25, 0.3) is 21.9 Å². The van der Waals surface area contributed by atoms with E-state index in [1.807, 2.05) is 24.3 Å². The molecular formula is C29H32N8O3. The summed E-state index contributed by atoms with van der Waals surface area (Å²) in [5.74, 6) is 6.77. The Bertz CT molecular complexity index is 1820. The van der Waals surface area contributed by atoms with E-state index in [0.717, 1.165) is 34.7 Å². The first-order chi connectivity index (χ1) is 19.4. The number of anilines is 1. The van der Waals surface area contributed by atoms with Crippen molar-refractivity contribution < 1.29 is 4.79 Å². The van der Waals surface area contributed by atoms with E-state index < -0.39 is 11.2 Å². The summed E-state index contributed by atoms with van der Waals surface area (Å²) in [6.45, 7) is 4.35. The fourth-order valence-corrected chi connectivity index (χ4v) is 5.71. The van der Waals surface area contributed by atoms with Gasteiger partial charge in [0.05, 0.1) is 24.1 Å². The van der Waals surface area contributed by atoms with Crippen molar-refractivity contribution in [1.82, 2.24) is 28.6 Å². The number of carbonyl (C=O) groups is 1. The molecule has 0 unspecified atom stereocenters. The summed E-state index contributed by atoms with van der Waals surface area (Å²) in [5.41, 5.74) is 7.01. The van der Waals surface area contributed by atoms with Crippen LogP contribution in [-0.4, -0.2) is 66.7 Å². The van der Waals surface area contributed by atoms with Crippen LogP contribution in [0.15, 0.2) is 40.1 Å². The highest BCUT2D eigenvalue weighted by atomic mass is 16.2. The number of hydrogen-bond donors (Lipinski definition) is 1. The highest BCUT2D eigenvalue weighted by Gasteiger charge is 2.35. The van der Waals surface area contributed by atoms with Crippen molar-refractivity contribution in [2.24, 2.45) is 12.8 Å². The molecule has 2 aliphatic heterocycles. The molecule has 4 aromatic rings. The number of aromatic nitrogens is 5. The van der Waals surface area contributed by atoms with Gasteiger partial charge in [-0.3, -0.25) is 18.7 Å². The molecule has 1 atom stereocenters. The molecule has 0 spiro atoms. The fourth-order valence-electron chi connectivity index (χ4n) is 5.71. The van der Waals surface area contributed by atoms with Crippen molar-refractivity contribution in [1.29, 1.82) is 0 Å². The van der Waals surface area contributed by atoms with Gasteiger partial charge in [-0.05, 0) is 32.3 Å². The quantitative estimate of drug-likeness (QED) is 0.378. The predicted octanol–water partition coefficient (Wildman–Crippen LogP) is 1.29. The van der Waals surface area contributed by atoms with Gasteiger partial charge in [-0.1, -0.05) is 24.1 Å². The Kier molecular flexibility index (Phi) is 6.64. The monoisotopic (exact) mass is 540 g/mol. The van der Waals surface area contributed by atoms with Crippen LogP contribution in [-0.2, 0) is 20.1 Å². The lowest BCUT2D eigenvalue weighted by Crippen LogP contribution is -2.46. The number of nitrogens with zero attached hydrogens (tertiary/aromatic N) is 7. The molecular weight excluding hydrogens is 508 g/mol.